The topological polar surface area (TPSA) is 60.4 Å². The number of rotatable bonds is 6. The van der Waals surface area contributed by atoms with Crippen LogP contribution in [-0.4, -0.2) is 44.4 Å². The van der Waals surface area contributed by atoms with Crippen LogP contribution in [0.25, 0.3) is 0 Å². The lowest BCUT2D eigenvalue weighted by molar-refractivity contribution is -0.137. The molecular formula is C20H22N2O4. The van der Waals surface area contributed by atoms with Crippen molar-refractivity contribution in [3.05, 3.63) is 59.2 Å². The van der Waals surface area contributed by atoms with Gasteiger partial charge in [0.05, 0.1) is 20.4 Å². The van der Waals surface area contributed by atoms with Crippen LogP contribution in [0.1, 0.15) is 16.7 Å². The van der Waals surface area contributed by atoms with Crippen LogP contribution in [0.4, 0.5) is 0 Å². The van der Waals surface area contributed by atoms with Crippen molar-refractivity contribution in [1.82, 2.24) is 4.90 Å². The van der Waals surface area contributed by atoms with Crippen molar-refractivity contribution >= 4 is 12.1 Å². The monoisotopic (exact) mass is 354 g/mol. The summed E-state index contributed by atoms with van der Waals surface area (Å²) in [7, 11) is 3.23. The summed E-state index contributed by atoms with van der Waals surface area (Å²) in [6.45, 7) is 1.10. The summed E-state index contributed by atoms with van der Waals surface area (Å²) in [5, 5.41) is 3.86. The molecule has 1 aliphatic rings. The summed E-state index contributed by atoms with van der Waals surface area (Å²) in [4.78, 5) is 19.3. The first kappa shape index (κ1) is 17.8. The van der Waals surface area contributed by atoms with Gasteiger partial charge in [0.15, 0.2) is 18.1 Å². The summed E-state index contributed by atoms with van der Waals surface area (Å²) in [6, 6.07) is 13.5. The molecule has 6 heteroatoms. The average Bonchev–Trinajstić information content (AvgIpc) is 2.70. The number of hydrogen-bond donors (Lipinski definition) is 0. The summed E-state index contributed by atoms with van der Waals surface area (Å²) >= 11 is 0. The third-order valence-corrected chi connectivity index (χ3v) is 4.33. The van der Waals surface area contributed by atoms with Crippen LogP contribution >= 0.6 is 0 Å². The van der Waals surface area contributed by atoms with Gasteiger partial charge in [0, 0.05) is 13.1 Å². The molecule has 1 amide bonds. The van der Waals surface area contributed by atoms with Gasteiger partial charge in [-0.05, 0) is 35.2 Å². The van der Waals surface area contributed by atoms with E-state index >= 15 is 0 Å². The lowest BCUT2D eigenvalue weighted by Gasteiger charge is -2.29. The SMILES string of the molecule is COc1cc2c(cc1OC)CN(C(=O)CO/N=C/c1ccccc1)CC2. The number of nitrogens with zero attached hydrogens (tertiary/aromatic N) is 2. The number of oxime groups is 1. The van der Waals surface area contributed by atoms with Crippen LogP contribution in [0.2, 0.25) is 0 Å². The van der Waals surface area contributed by atoms with Crippen molar-refractivity contribution in [2.75, 3.05) is 27.4 Å². The maximum atomic E-state index is 12.4. The van der Waals surface area contributed by atoms with Crippen molar-refractivity contribution in [2.24, 2.45) is 5.16 Å². The van der Waals surface area contributed by atoms with Gasteiger partial charge in [-0.25, -0.2) is 0 Å². The molecule has 0 spiro atoms. The Kier molecular flexibility index (Phi) is 5.73. The molecule has 136 valence electrons. The molecule has 0 saturated heterocycles. The summed E-state index contributed by atoms with van der Waals surface area (Å²) < 4.78 is 10.7. The Hall–Kier alpha value is -3.02. The molecule has 1 aliphatic heterocycles. The number of carbonyl (C=O) groups is 1. The molecule has 0 radical (unpaired) electrons. The number of amides is 1. The van der Waals surface area contributed by atoms with Gasteiger partial charge >= 0.3 is 0 Å². The molecule has 0 fully saturated rings. The molecule has 0 saturated carbocycles. The zero-order valence-corrected chi connectivity index (χ0v) is 15.0. The molecule has 1 heterocycles. The molecule has 2 aromatic rings. The fraction of sp³-hybridized carbons (Fsp3) is 0.300. The van der Waals surface area contributed by atoms with E-state index in [0.29, 0.717) is 24.6 Å². The summed E-state index contributed by atoms with van der Waals surface area (Å²) in [6.07, 6.45) is 2.37. The van der Waals surface area contributed by atoms with Gasteiger partial charge in [-0.2, -0.15) is 0 Å². The Balaban J connectivity index is 1.58. The highest BCUT2D eigenvalue weighted by Crippen LogP contribution is 2.33. The van der Waals surface area contributed by atoms with E-state index in [2.05, 4.69) is 5.16 Å². The van der Waals surface area contributed by atoms with Crippen molar-refractivity contribution in [3.8, 4) is 11.5 Å². The van der Waals surface area contributed by atoms with Crippen LogP contribution in [-0.2, 0) is 22.6 Å². The number of ether oxygens (including phenoxy) is 2. The fourth-order valence-electron chi connectivity index (χ4n) is 2.92. The standard InChI is InChI=1S/C20H22N2O4/c1-24-18-10-16-8-9-22(13-17(16)11-19(18)25-2)20(23)14-26-21-12-15-6-4-3-5-7-15/h3-7,10-12H,8-9,13-14H2,1-2H3/b21-12+. The Morgan fingerprint density at radius 2 is 1.81 bits per heavy atom. The van der Waals surface area contributed by atoms with Crippen LogP contribution in [0.3, 0.4) is 0 Å². The molecule has 0 aromatic heterocycles. The van der Waals surface area contributed by atoms with Crippen LogP contribution < -0.4 is 9.47 Å². The molecule has 0 unspecified atom stereocenters. The fourth-order valence-corrected chi connectivity index (χ4v) is 2.92. The molecule has 0 atom stereocenters. The van der Waals surface area contributed by atoms with Crippen LogP contribution in [0, 0.1) is 0 Å². The normalized spacial score (nSPS) is 13.4. The second kappa shape index (κ2) is 8.38. The number of carbonyl (C=O) groups excluding carboxylic acids is 1. The van der Waals surface area contributed by atoms with Crippen molar-refractivity contribution in [2.45, 2.75) is 13.0 Å². The number of hydrogen-bond acceptors (Lipinski definition) is 5. The highest BCUT2D eigenvalue weighted by atomic mass is 16.6. The second-order valence-corrected chi connectivity index (χ2v) is 5.96. The van der Waals surface area contributed by atoms with Gasteiger partial charge in [0.25, 0.3) is 5.91 Å². The van der Waals surface area contributed by atoms with E-state index in [0.717, 1.165) is 17.5 Å². The lowest BCUT2D eigenvalue weighted by atomic mass is 9.99. The van der Waals surface area contributed by atoms with E-state index in [1.54, 1.807) is 25.3 Å². The van der Waals surface area contributed by atoms with Crippen LogP contribution in [0.15, 0.2) is 47.6 Å². The third kappa shape index (κ3) is 4.14. The highest BCUT2D eigenvalue weighted by Gasteiger charge is 2.23. The van der Waals surface area contributed by atoms with Crippen molar-refractivity contribution in [1.29, 1.82) is 0 Å². The predicted octanol–water partition coefficient (Wildman–Crippen LogP) is 2.64. The number of methoxy groups -OCH3 is 2. The first-order valence-electron chi connectivity index (χ1n) is 8.43. The van der Waals surface area contributed by atoms with E-state index in [-0.39, 0.29) is 12.5 Å². The predicted molar refractivity (Wildman–Crippen MR) is 98.7 cm³/mol. The molecule has 0 bridgehead atoms. The van der Waals surface area contributed by atoms with Crippen molar-refractivity contribution in [3.63, 3.8) is 0 Å². The van der Waals surface area contributed by atoms with Crippen molar-refractivity contribution < 1.29 is 19.1 Å². The minimum atomic E-state index is -0.0874. The quantitative estimate of drug-likeness (QED) is 0.591. The van der Waals surface area contributed by atoms with Gasteiger partial charge < -0.3 is 19.2 Å². The highest BCUT2D eigenvalue weighted by molar-refractivity contribution is 5.80. The van der Waals surface area contributed by atoms with Gasteiger partial charge in [0.1, 0.15) is 0 Å². The minimum Gasteiger partial charge on any atom is -0.493 e. The Labute approximate surface area is 153 Å². The third-order valence-electron chi connectivity index (χ3n) is 4.33. The summed E-state index contributed by atoms with van der Waals surface area (Å²) in [5.41, 5.74) is 3.16. The van der Waals surface area contributed by atoms with E-state index in [9.17, 15) is 4.79 Å². The van der Waals surface area contributed by atoms with Gasteiger partial charge in [0.2, 0.25) is 0 Å². The largest absolute Gasteiger partial charge is 0.493 e. The van der Waals surface area contributed by atoms with Gasteiger partial charge in [-0.15, -0.1) is 0 Å². The smallest absolute Gasteiger partial charge is 0.263 e. The molecule has 2 aromatic carbocycles. The molecule has 26 heavy (non-hydrogen) atoms. The lowest BCUT2D eigenvalue weighted by Crippen LogP contribution is -2.38. The first-order chi connectivity index (χ1) is 12.7. The Morgan fingerprint density at radius 3 is 2.50 bits per heavy atom. The van der Waals surface area contributed by atoms with E-state index in [1.807, 2.05) is 42.5 Å². The molecule has 3 rings (SSSR count). The maximum Gasteiger partial charge on any atom is 0.263 e. The maximum absolute atomic E-state index is 12.4. The first-order valence-corrected chi connectivity index (χ1v) is 8.43. The number of fused-ring (bicyclic) bond motifs is 1. The van der Waals surface area contributed by atoms with Crippen LogP contribution in [0.5, 0.6) is 11.5 Å². The van der Waals surface area contributed by atoms with Gasteiger partial charge in [-0.1, -0.05) is 35.5 Å². The molecule has 0 aliphatic carbocycles. The van der Waals surface area contributed by atoms with E-state index in [4.69, 9.17) is 14.3 Å². The minimum absolute atomic E-state index is 0.0774. The average molecular weight is 354 g/mol. The molecular weight excluding hydrogens is 332 g/mol. The number of benzene rings is 2. The van der Waals surface area contributed by atoms with Gasteiger partial charge in [-0.3, -0.25) is 4.79 Å². The van der Waals surface area contributed by atoms with E-state index < -0.39 is 0 Å². The second-order valence-electron chi connectivity index (χ2n) is 5.96. The van der Waals surface area contributed by atoms with E-state index in [1.165, 1.54) is 5.56 Å². The molecule has 0 N–H and O–H groups in total. The summed E-state index contributed by atoms with van der Waals surface area (Å²) in [5.74, 6) is 1.30. The zero-order valence-electron chi connectivity index (χ0n) is 15.0. The Morgan fingerprint density at radius 1 is 1.12 bits per heavy atom. The zero-order chi connectivity index (χ0) is 18.4. The Bertz CT molecular complexity index is 790. The molecule has 6 nitrogen and oxygen atoms in total.